The molecule has 0 aliphatic carbocycles. The third-order valence-electron chi connectivity index (χ3n) is 3.32. The number of Topliss-reactive ketones (excluding diaryl/α,β-unsaturated/α-hetero) is 1. The van der Waals surface area contributed by atoms with E-state index < -0.39 is 0 Å². The molecule has 0 saturated carbocycles. The lowest BCUT2D eigenvalue weighted by Gasteiger charge is -2.26. The van der Waals surface area contributed by atoms with Gasteiger partial charge in [0.1, 0.15) is 5.75 Å². The number of phenolic OH excluding ortho intramolecular Hbond substituents is 1. The first-order valence-electron chi connectivity index (χ1n) is 6.02. The topological polar surface area (TPSA) is 49.3 Å². The maximum atomic E-state index is 12.1. The molecule has 1 atom stereocenters. The van der Waals surface area contributed by atoms with Gasteiger partial charge in [0.2, 0.25) is 0 Å². The second-order valence-corrected chi connectivity index (χ2v) is 5.43. The number of para-hydroxylation sites is 1. The molecule has 1 aliphatic rings. The van der Waals surface area contributed by atoms with E-state index in [1.165, 1.54) is 0 Å². The van der Waals surface area contributed by atoms with Crippen molar-refractivity contribution in [3.8, 4) is 5.75 Å². The van der Waals surface area contributed by atoms with Crippen LogP contribution in [0.3, 0.4) is 0 Å². The number of carbonyl (C=O) groups excluding carboxylic acids is 1. The van der Waals surface area contributed by atoms with Crippen molar-refractivity contribution in [1.82, 2.24) is 0 Å². The van der Waals surface area contributed by atoms with Crippen molar-refractivity contribution in [2.24, 2.45) is 0 Å². The fraction of sp³-hybridized carbons (Fsp3) is 0.133. The third-order valence-corrected chi connectivity index (χ3v) is 3.96. The Bertz CT molecular complexity index is 654. The fourth-order valence-corrected chi connectivity index (χ4v) is 2.72. The summed E-state index contributed by atoms with van der Waals surface area (Å²) in [4.78, 5) is 12.1. The Morgan fingerprint density at radius 1 is 1.21 bits per heavy atom. The van der Waals surface area contributed by atoms with Crippen molar-refractivity contribution in [2.75, 3.05) is 5.32 Å². The van der Waals surface area contributed by atoms with Gasteiger partial charge in [-0.1, -0.05) is 18.2 Å². The largest absolute Gasteiger partial charge is 0.507 e. The Hall–Kier alpha value is -1.81. The number of anilines is 1. The molecule has 0 saturated heterocycles. The molecule has 96 valence electrons. The Morgan fingerprint density at radius 3 is 2.79 bits per heavy atom. The zero-order valence-electron chi connectivity index (χ0n) is 10.1. The lowest BCUT2D eigenvalue weighted by molar-refractivity contribution is 0.0972. The molecule has 0 fully saturated rings. The van der Waals surface area contributed by atoms with Crippen molar-refractivity contribution >= 4 is 27.4 Å². The first kappa shape index (κ1) is 12.2. The van der Waals surface area contributed by atoms with E-state index in [0.29, 0.717) is 10.9 Å². The number of carbonyl (C=O) groups is 1. The highest BCUT2D eigenvalue weighted by Gasteiger charge is 2.25. The van der Waals surface area contributed by atoms with Gasteiger partial charge >= 0.3 is 0 Å². The number of nitrogens with one attached hydrogen (secondary N) is 1. The summed E-state index contributed by atoms with van der Waals surface area (Å²) in [5, 5.41) is 12.9. The number of aromatic hydroxyl groups is 1. The molecule has 0 amide bonds. The average molecular weight is 318 g/mol. The van der Waals surface area contributed by atoms with Crippen molar-refractivity contribution in [1.29, 1.82) is 0 Å². The molecule has 1 unspecified atom stereocenters. The quantitative estimate of drug-likeness (QED) is 0.838. The van der Waals surface area contributed by atoms with Gasteiger partial charge in [-0.2, -0.15) is 0 Å². The third kappa shape index (κ3) is 2.24. The predicted molar refractivity (Wildman–Crippen MR) is 77.6 cm³/mol. The van der Waals surface area contributed by atoms with E-state index in [2.05, 4.69) is 21.2 Å². The summed E-state index contributed by atoms with van der Waals surface area (Å²) >= 11 is 3.30. The van der Waals surface area contributed by atoms with Crippen LogP contribution in [0.25, 0.3) is 0 Å². The predicted octanol–water partition coefficient (Wildman–Crippen LogP) is 3.89. The van der Waals surface area contributed by atoms with Gasteiger partial charge in [-0.3, -0.25) is 4.79 Å². The van der Waals surface area contributed by atoms with E-state index >= 15 is 0 Å². The van der Waals surface area contributed by atoms with Crippen molar-refractivity contribution in [3.63, 3.8) is 0 Å². The highest BCUT2D eigenvalue weighted by Crippen LogP contribution is 2.35. The molecule has 3 rings (SSSR count). The molecule has 2 N–H and O–H groups in total. The van der Waals surface area contributed by atoms with Gasteiger partial charge in [0.15, 0.2) is 5.78 Å². The van der Waals surface area contributed by atoms with Crippen LogP contribution in [-0.4, -0.2) is 10.9 Å². The summed E-state index contributed by atoms with van der Waals surface area (Å²) < 4.78 is 0.637. The molecule has 2 aromatic rings. The second-order valence-electron chi connectivity index (χ2n) is 4.58. The van der Waals surface area contributed by atoms with Crippen LogP contribution in [0.4, 0.5) is 5.69 Å². The van der Waals surface area contributed by atoms with Crippen LogP contribution in [-0.2, 0) is 0 Å². The summed E-state index contributed by atoms with van der Waals surface area (Å²) in [5.74, 6) is 0.342. The maximum Gasteiger partial charge on any atom is 0.167 e. The Labute approximate surface area is 119 Å². The summed E-state index contributed by atoms with van der Waals surface area (Å²) in [6, 6.07) is 12.8. The maximum absolute atomic E-state index is 12.1. The highest BCUT2D eigenvalue weighted by atomic mass is 79.9. The molecule has 19 heavy (non-hydrogen) atoms. The molecular formula is C15H12BrNO2. The van der Waals surface area contributed by atoms with Gasteiger partial charge in [0.25, 0.3) is 0 Å². The van der Waals surface area contributed by atoms with Gasteiger partial charge in [-0.25, -0.2) is 0 Å². The summed E-state index contributed by atoms with van der Waals surface area (Å²) in [5.41, 5.74) is 2.59. The molecular weight excluding hydrogens is 306 g/mol. The molecule has 1 aliphatic heterocycles. The monoisotopic (exact) mass is 317 g/mol. The fourth-order valence-electron chi connectivity index (χ4n) is 2.33. The molecule has 1 heterocycles. The van der Waals surface area contributed by atoms with Crippen LogP contribution in [0, 0.1) is 0 Å². The van der Waals surface area contributed by atoms with Crippen LogP contribution in [0.1, 0.15) is 28.4 Å². The summed E-state index contributed by atoms with van der Waals surface area (Å²) in [7, 11) is 0. The average Bonchev–Trinajstić information content (AvgIpc) is 2.42. The van der Waals surface area contributed by atoms with Crippen LogP contribution in [0.5, 0.6) is 5.75 Å². The molecule has 0 radical (unpaired) electrons. The highest BCUT2D eigenvalue weighted by molar-refractivity contribution is 9.10. The minimum atomic E-state index is -0.0562. The van der Waals surface area contributed by atoms with E-state index in [0.717, 1.165) is 16.8 Å². The lowest BCUT2D eigenvalue weighted by atomic mass is 9.92. The van der Waals surface area contributed by atoms with Crippen LogP contribution in [0.2, 0.25) is 0 Å². The molecule has 4 heteroatoms. The first-order chi connectivity index (χ1) is 9.15. The zero-order valence-corrected chi connectivity index (χ0v) is 11.6. The van der Waals surface area contributed by atoms with E-state index in [9.17, 15) is 9.90 Å². The second kappa shape index (κ2) is 4.70. The van der Waals surface area contributed by atoms with Gasteiger partial charge in [-0.15, -0.1) is 0 Å². The molecule has 2 aromatic carbocycles. The van der Waals surface area contributed by atoms with E-state index in [1.54, 1.807) is 6.07 Å². The molecule has 0 aromatic heterocycles. The van der Waals surface area contributed by atoms with Gasteiger partial charge in [0.05, 0.1) is 10.5 Å². The number of benzene rings is 2. The Morgan fingerprint density at radius 2 is 2.00 bits per heavy atom. The van der Waals surface area contributed by atoms with Gasteiger partial charge < -0.3 is 10.4 Å². The number of hydrogen-bond acceptors (Lipinski definition) is 3. The Balaban J connectivity index is 1.96. The number of rotatable bonds is 1. The van der Waals surface area contributed by atoms with Gasteiger partial charge in [0, 0.05) is 17.7 Å². The number of phenols is 1. The van der Waals surface area contributed by atoms with Crippen molar-refractivity contribution < 1.29 is 9.90 Å². The lowest BCUT2D eigenvalue weighted by Crippen LogP contribution is -2.22. The number of halogens is 1. The summed E-state index contributed by atoms with van der Waals surface area (Å²) in [6.07, 6.45) is 0.425. The Kier molecular flexibility index (Phi) is 3.03. The first-order valence-corrected chi connectivity index (χ1v) is 6.81. The number of hydrogen-bond donors (Lipinski definition) is 2. The smallest absolute Gasteiger partial charge is 0.167 e. The zero-order chi connectivity index (χ0) is 13.4. The number of ketones is 1. The molecule has 0 spiro atoms. The van der Waals surface area contributed by atoms with E-state index in [-0.39, 0.29) is 17.6 Å². The van der Waals surface area contributed by atoms with Gasteiger partial charge in [-0.05, 0) is 45.8 Å². The standard InChI is InChI=1S/C15H12BrNO2/c16-11-7-9(5-6-14(11)18)13-8-15(19)10-3-1-2-4-12(10)17-13/h1-7,13,17-18H,8H2. The van der Waals surface area contributed by atoms with Crippen molar-refractivity contribution in [2.45, 2.75) is 12.5 Å². The number of fused-ring (bicyclic) bond motifs is 1. The minimum absolute atomic E-state index is 0.0562. The van der Waals surface area contributed by atoms with E-state index in [4.69, 9.17) is 0 Å². The van der Waals surface area contributed by atoms with Crippen LogP contribution in [0.15, 0.2) is 46.9 Å². The summed E-state index contributed by atoms with van der Waals surface area (Å²) in [6.45, 7) is 0. The van der Waals surface area contributed by atoms with Crippen LogP contribution >= 0.6 is 15.9 Å². The van der Waals surface area contributed by atoms with Crippen LogP contribution < -0.4 is 5.32 Å². The van der Waals surface area contributed by atoms with E-state index in [1.807, 2.05) is 36.4 Å². The molecule has 3 nitrogen and oxygen atoms in total. The normalized spacial score (nSPS) is 17.7. The van der Waals surface area contributed by atoms with Crippen molar-refractivity contribution in [3.05, 3.63) is 58.1 Å². The SMILES string of the molecule is O=C1CC(c2ccc(O)c(Br)c2)Nc2ccccc21. The minimum Gasteiger partial charge on any atom is -0.507 e. The molecule has 0 bridgehead atoms.